The van der Waals surface area contributed by atoms with E-state index in [9.17, 15) is 13.2 Å². The second-order valence-corrected chi connectivity index (χ2v) is 7.16. The lowest BCUT2D eigenvalue weighted by molar-refractivity contribution is -0.123. The fourth-order valence-corrected chi connectivity index (χ4v) is 4.99. The second-order valence-electron chi connectivity index (χ2n) is 4.99. The highest BCUT2D eigenvalue weighted by molar-refractivity contribution is 7.93. The third kappa shape index (κ3) is 1.47. The van der Waals surface area contributed by atoms with Gasteiger partial charge in [-0.05, 0) is 31.4 Å². The summed E-state index contributed by atoms with van der Waals surface area (Å²) in [6.07, 6.45) is 2.28. The maximum Gasteiger partial charge on any atom is 0.204 e. The third-order valence-electron chi connectivity index (χ3n) is 3.96. The molecule has 3 rings (SSSR count). The Morgan fingerprint density at radius 3 is 2.61 bits per heavy atom. The van der Waals surface area contributed by atoms with Crippen molar-refractivity contribution in [3.8, 4) is 0 Å². The highest BCUT2D eigenvalue weighted by Gasteiger charge is 2.57. The molecule has 2 fully saturated rings. The molecule has 0 saturated carbocycles. The van der Waals surface area contributed by atoms with Crippen LogP contribution in [-0.4, -0.2) is 25.1 Å². The molecular weight excluding hydrogens is 250 g/mol. The lowest BCUT2D eigenvalue weighted by Gasteiger charge is -2.32. The van der Waals surface area contributed by atoms with Crippen LogP contribution < -0.4 is 5.32 Å². The summed E-state index contributed by atoms with van der Waals surface area (Å²) in [5.41, 5.74) is 0. The zero-order chi connectivity index (χ0) is 12.8. The lowest BCUT2D eigenvalue weighted by Crippen LogP contribution is -2.58. The van der Waals surface area contributed by atoms with Gasteiger partial charge < -0.3 is 0 Å². The SMILES string of the molecule is O=C1CCC2CCC1(S(=O)(=O)c1ccccc1)N2. The minimum absolute atomic E-state index is 0.168. The van der Waals surface area contributed by atoms with E-state index in [0.29, 0.717) is 12.8 Å². The molecule has 2 atom stereocenters. The van der Waals surface area contributed by atoms with E-state index in [4.69, 9.17) is 0 Å². The predicted molar refractivity (Wildman–Crippen MR) is 66.8 cm³/mol. The van der Waals surface area contributed by atoms with Gasteiger partial charge in [0.05, 0.1) is 4.90 Å². The largest absolute Gasteiger partial charge is 0.296 e. The van der Waals surface area contributed by atoms with Crippen molar-refractivity contribution in [3.63, 3.8) is 0 Å². The minimum atomic E-state index is -3.64. The number of rotatable bonds is 2. The van der Waals surface area contributed by atoms with Crippen molar-refractivity contribution in [3.05, 3.63) is 30.3 Å². The van der Waals surface area contributed by atoms with Crippen LogP contribution >= 0.6 is 0 Å². The molecule has 4 nitrogen and oxygen atoms in total. The van der Waals surface area contributed by atoms with Crippen molar-refractivity contribution in [2.75, 3.05) is 0 Å². The predicted octanol–water partition coefficient (Wildman–Crippen LogP) is 1.27. The standard InChI is InChI=1S/C13H15NO3S/c15-12-7-6-10-8-9-13(12,14-10)18(16,17)11-4-2-1-3-5-11/h1-5,10,14H,6-9H2. The number of nitrogens with one attached hydrogen (secondary N) is 1. The average Bonchev–Trinajstić information content (AvgIpc) is 2.76. The monoisotopic (exact) mass is 265 g/mol. The number of carbonyl (C=O) groups excluding carboxylic acids is 1. The molecule has 2 saturated heterocycles. The first-order valence-corrected chi connectivity index (χ1v) is 7.65. The molecule has 2 unspecified atom stereocenters. The minimum Gasteiger partial charge on any atom is -0.296 e. The number of sulfone groups is 1. The number of fused-ring (bicyclic) bond motifs is 2. The number of ketones is 1. The maximum absolute atomic E-state index is 12.7. The van der Waals surface area contributed by atoms with Crippen molar-refractivity contribution in [1.82, 2.24) is 5.32 Å². The molecular formula is C13H15NO3S. The molecule has 0 aliphatic carbocycles. The summed E-state index contributed by atoms with van der Waals surface area (Å²) in [5, 5.41) is 3.05. The Balaban J connectivity index is 2.11. The number of hydrogen-bond acceptors (Lipinski definition) is 4. The molecule has 2 aliphatic heterocycles. The third-order valence-corrected chi connectivity index (χ3v) is 6.32. The zero-order valence-corrected chi connectivity index (χ0v) is 10.7. The van der Waals surface area contributed by atoms with Gasteiger partial charge in [-0.1, -0.05) is 18.2 Å². The lowest BCUT2D eigenvalue weighted by atomic mass is 10.0. The van der Waals surface area contributed by atoms with E-state index >= 15 is 0 Å². The van der Waals surface area contributed by atoms with Gasteiger partial charge in [0.15, 0.2) is 10.7 Å². The molecule has 1 aromatic carbocycles. The first-order chi connectivity index (χ1) is 8.56. The van der Waals surface area contributed by atoms with Gasteiger partial charge in [-0.3, -0.25) is 10.1 Å². The second kappa shape index (κ2) is 3.90. The van der Waals surface area contributed by atoms with Crippen LogP contribution in [0, 0.1) is 0 Å². The van der Waals surface area contributed by atoms with Gasteiger partial charge in [0, 0.05) is 12.5 Å². The number of hydrogen-bond donors (Lipinski definition) is 1. The molecule has 96 valence electrons. The smallest absolute Gasteiger partial charge is 0.204 e. The van der Waals surface area contributed by atoms with Gasteiger partial charge in [-0.15, -0.1) is 0 Å². The van der Waals surface area contributed by atoms with Crippen LogP contribution in [0.4, 0.5) is 0 Å². The van der Waals surface area contributed by atoms with Crippen molar-refractivity contribution in [2.24, 2.45) is 0 Å². The van der Waals surface area contributed by atoms with E-state index in [2.05, 4.69) is 5.32 Å². The topological polar surface area (TPSA) is 63.2 Å². The summed E-state index contributed by atoms with van der Waals surface area (Å²) in [6, 6.07) is 8.42. The van der Waals surface area contributed by atoms with Crippen molar-refractivity contribution >= 4 is 15.6 Å². The molecule has 5 heteroatoms. The van der Waals surface area contributed by atoms with Gasteiger partial charge in [-0.25, -0.2) is 8.42 Å². The summed E-state index contributed by atoms with van der Waals surface area (Å²) in [7, 11) is -3.64. The highest BCUT2D eigenvalue weighted by Crippen LogP contribution is 2.40. The van der Waals surface area contributed by atoms with E-state index < -0.39 is 14.7 Å². The maximum atomic E-state index is 12.7. The number of benzene rings is 1. The van der Waals surface area contributed by atoms with Crippen LogP contribution in [0.3, 0.4) is 0 Å². The van der Waals surface area contributed by atoms with E-state index in [0.717, 1.165) is 12.8 Å². The molecule has 0 radical (unpaired) electrons. The van der Waals surface area contributed by atoms with E-state index in [1.807, 2.05) is 0 Å². The molecule has 1 N–H and O–H groups in total. The normalized spacial score (nSPS) is 31.6. The van der Waals surface area contributed by atoms with Gasteiger partial charge in [-0.2, -0.15) is 0 Å². The number of piperidine rings is 1. The first kappa shape index (κ1) is 11.9. The van der Waals surface area contributed by atoms with Crippen LogP contribution in [0.5, 0.6) is 0 Å². The van der Waals surface area contributed by atoms with Gasteiger partial charge in [0.1, 0.15) is 0 Å². The first-order valence-electron chi connectivity index (χ1n) is 6.17. The molecule has 1 aromatic rings. The summed E-state index contributed by atoms with van der Waals surface area (Å²) in [4.78, 5) is 11.0. The Bertz CT molecular complexity index is 582. The molecule has 2 heterocycles. The Morgan fingerprint density at radius 1 is 1.17 bits per heavy atom. The average molecular weight is 265 g/mol. The van der Waals surface area contributed by atoms with Gasteiger partial charge in [0.25, 0.3) is 0 Å². The fourth-order valence-electron chi connectivity index (χ4n) is 2.96. The fraction of sp³-hybridized carbons (Fsp3) is 0.462. The summed E-state index contributed by atoms with van der Waals surface area (Å²) in [5.74, 6) is -0.180. The van der Waals surface area contributed by atoms with Gasteiger partial charge in [0.2, 0.25) is 9.84 Å². The van der Waals surface area contributed by atoms with Crippen molar-refractivity contribution in [2.45, 2.75) is 41.5 Å². The molecule has 0 amide bonds. The van der Waals surface area contributed by atoms with Crippen LogP contribution in [0.2, 0.25) is 0 Å². The Labute approximate surface area is 106 Å². The van der Waals surface area contributed by atoms with E-state index in [-0.39, 0.29) is 16.7 Å². The zero-order valence-electron chi connectivity index (χ0n) is 9.93. The Hall–Kier alpha value is -1.20. The summed E-state index contributed by atoms with van der Waals surface area (Å²) >= 11 is 0. The number of carbonyl (C=O) groups is 1. The van der Waals surface area contributed by atoms with Crippen LogP contribution in [0.25, 0.3) is 0 Å². The molecule has 0 spiro atoms. The Kier molecular flexibility index (Phi) is 2.57. The molecule has 2 bridgehead atoms. The molecule has 0 aromatic heterocycles. The quantitative estimate of drug-likeness (QED) is 0.874. The Morgan fingerprint density at radius 2 is 1.89 bits per heavy atom. The van der Waals surface area contributed by atoms with E-state index in [1.54, 1.807) is 30.3 Å². The number of Topliss-reactive ketones (excluding diaryl/α,β-unsaturated/α-hetero) is 1. The molecule has 18 heavy (non-hydrogen) atoms. The summed E-state index contributed by atoms with van der Waals surface area (Å²) < 4.78 is 25.4. The van der Waals surface area contributed by atoms with E-state index in [1.165, 1.54) is 0 Å². The van der Waals surface area contributed by atoms with Crippen molar-refractivity contribution in [1.29, 1.82) is 0 Å². The van der Waals surface area contributed by atoms with Crippen LogP contribution in [0.1, 0.15) is 25.7 Å². The highest BCUT2D eigenvalue weighted by atomic mass is 32.2. The van der Waals surface area contributed by atoms with Crippen molar-refractivity contribution < 1.29 is 13.2 Å². The molecule has 2 aliphatic rings. The summed E-state index contributed by atoms with van der Waals surface area (Å²) in [6.45, 7) is 0. The van der Waals surface area contributed by atoms with Crippen LogP contribution in [0.15, 0.2) is 35.2 Å². The van der Waals surface area contributed by atoms with Crippen LogP contribution in [-0.2, 0) is 14.6 Å². The van der Waals surface area contributed by atoms with Gasteiger partial charge >= 0.3 is 0 Å².